The summed E-state index contributed by atoms with van der Waals surface area (Å²) in [5.41, 5.74) is 9.81. The van der Waals surface area contributed by atoms with E-state index in [4.69, 9.17) is 10.5 Å². The largest absolute Gasteiger partial charge is 0.497 e. The minimum Gasteiger partial charge on any atom is -0.497 e. The van der Waals surface area contributed by atoms with Gasteiger partial charge in [0.05, 0.1) is 19.0 Å². The lowest BCUT2D eigenvalue weighted by Gasteiger charge is -2.07. The van der Waals surface area contributed by atoms with Gasteiger partial charge < -0.3 is 15.0 Å². The predicted molar refractivity (Wildman–Crippen MR) is 91.7 cm³/mol. The summed E-state index contributed by atoms with van der Waals surface area (Å²) >= 11 is 0. The van der Waals surface area contributed by atoms with E-state index in [2.05, 4.69) is 35.8 Å². The summed E-state index contributed by atoms with van der Waals surface area (Å²) in [7, 11) is 1.65. The van der Waals surface area contributed by atoms with Crippen LogP contribution in [-0.4, -0.2) is 17.6 Å². The molecule has 2 aromatic carbocycles. The molecular formula is C19H20N2O2. The van der Waals surface area contributed by atoms with E-state index in [1.807, 2.05) is 24.4 Å². The zero-order valence-corrected chi connectivity index (χ0v) is 13.4. The average Bonchev–Trinajstić information content (AvgIpc) is 2.86. The van der Waals surface area contributed by atoms with Crippen LogP contribution < -0.4 is 10.5 Å². The van der Waals surface area contributed by atoms with Gasteiger partial charge in [-0.1, -0.05) is 29.8 Å². The first-order valence-corrected chi connectivity index (χ1v) is 7.56. The first-order chi connectivity index (χ1) is 11.1. The molecule has 0 radical (unpaired) electrons. The second-order valence-electron chi connectivity index (χ2n) is 5.79. The predicted octanol–water partition coefficient (Wildman–Crippen LogP) is 3.03. The average molecular weight is 308 g/mol. The summed E-state index contributed by atoms with van der Waals surface area (Å²) in [6.07, 6.45) is 2.25. The van der Waals surface area contributed by atoms with Gasteiger partial charge in [0.2, 0.25) is 5.91 Å². The summed E-state index contributed by atoms with van der Waals surface area (Å²) in [6, 6.07) is 14.3. The summed E-state index contributed by atoms with van der Waals surface area (Å²) in [5, 5.41) is 1.04. The second-order valence-corrected chi connectivity index (χ2v) is 5.79. The topological polar surface area (TPSA) is 57.2 Å². The molecule has 0 aliphatic carbocycles. The molecule has 0 aliphatic rings. The van der Waals surface area contributed by atoms with Crippen molar-refractivity contribution in [2.75, 3.05) is 7.11 Å². The summed E-state index contributed by atoms with van der Waals surface area (Å²) in [5.74, 6) is 0.474. The zero-order chi connectivity index (χ0) is 16.4. The smallest absolute Gasteiger partial charge is 0.221 e. The normalized spacial score (nSPS) is 10.9. The molecule has 2 N–H and O–H groups in total. The number of methoxy groups -OCH3 is 1. The molecule has 4 heteroatoms. The van der Waals surface area contributed by atoms with Gasteiger partial charge in [-0.05, 0) is 30.2 Å². The van der Waals surface area contributed by atoms with Crippen LogP contribution in [0.25, 0.3) is 10.9 Å². The van der Waals surface area contributed by atoms with E-state index >= 15 is 0 Å². The molecule has 1 aromatic heterocycles. The van der Waals surface area contributed by atoms with Crippen molar-refractivity contribution in [1.82, 2.24) is 4.57 Å². The second kappa shape index (κ2) is 6.16. The number of aromatic nitrogens is 1. The number of fused-ring (bicyclic) bond motifs is 1. The minimum atomic E-state index is -0.324. The van der Waals surface area contributed by atoms with Crippen molar-refractivity contribution >= 4 is 16.8 Å². The zero-order valence-electron chi connectivity index (χ0n) is 13.4. The molecule has 3 rings (SSSR count). The molecule has 1 amide bonds. The van der Waals surface area contributed by atoms with Crippen LogP contribution in [-0.2, 0) is 17.8 Å². The lowest BCUT2D eigenvalue weighted by Crippen LogP contribution is -2.13. The third-order valence-electron chi connectivity index (χ3n) is 4.01. The maximum Gasteiger partial charge on any atom is 0.221 e. The van der Waals surface area contributed by atoms with Crippen molar-refractivity contribution in [3.8, 4) is 5.75 Å². The fraction of sp³-hybridized carbons (Fsp3) is 0.211. The minimum absolute atomic E-state index is 0.240. The standard InChI is InChI=1S/C19H20N2O2/c1-13-3-5-14(6-4-13)11-21-12-15(9-19(20)22)17-8-7-16(23-2)10-18(17)21/h3-8,10,12H,9,11H2,1-2H3,(H2,20,22). The molecule has 0 spiro atoms. The van der Waals surface area contributed by atoms with E-state index in [1.165, 1.54) is 11.1 Å². The van der Waals surface area contributed by atoms with Crippen LogP contribution in [0, 0.1) is 6.92 Å². The summed E-state index contributed by atoms with van der Waals surface area (Å²) < 4.78 is 7.47. The maximum atomic E-state index is 11.3. The number of nitrogens with two attached hydrogens (primary N) is 1. The summed E-state index contributed by atoms with van der Waals surface area (Å²) in [4.78, 5) is 11.3. The molecule has 0 bridgehead atoms. The Morgan fingerprint density at radius 1 is 1.17 bits per heavy atom. The first-order valence-electron chi connectivity index (χ1n) is 7.56. The maximum absolute atomic E-state index is 11.3. The first kappa shape index (κ1) is 15.2. The Balaban J connectivity index is 2.06. The van der Waals surface area contributed by atoms with E-state index in [-0.39, 0.29) is 12.3 Å². The third kappa shape index (κ3) is 3.21. The van der Waals surface area contributed by atoms with E-state index in [9.17, 15) is 4.79 Å². The van der Waals surface area contributed by atoms with E-state index in [1.54, 1.807) is 7.11 Å². The van der Waals surface area contributed by atoms with Crippen molar-refractivity contribution < 1.29 is 9.53 Å². The SMILES string of the molecule is COc1ccc2c(CC(N)=O)cn(Cc3ccc(C)cc3)c2c1. The van der Waals surface area contributed by atoms with Crippen molar-refractivity contribution in [3.05, 3.63) is 65.4 Å². The molecule has 0 fully saturated rings. The molecule has 23 heavy (non-hydrogen) atoms. The molecule has 0 aliphatic heterocycles. The highest BCUT2D eigenvalue weighted by atomic mass is 16.5. The molecule has 1 heterocycles. The number of rotatable bonds is 5. The van der Waals surface area contributed by atoms with Crippen molar-refractivity contribution in [2.24, 2.45) is 5.73 Å². The van der Waals surface area contributed by atoms with Gasteiger partial charge in [-0.2, -0.15) is 0 Å². The van der Waals surface area contributed by atoms with Crippen LogP contribution in [0.5, 0.6) is 5.75 Å². The van der Waals surface area contributed by atoms with Crippen molar-refractivity contribution in [3.63, 3.8) is 0 Å². The van der Waals surface area contributed by atoms with Crippen LogP contribution in [0.3, 0.4) is 0 Å². The van der Waals surface area contributed by atoms with Crippen molar-refractivity contribution in [1.29, 1.82) is 0 Å². The van der Waals surface area contributed by atoms with E-state index < -0.39 is 0 Å². The Labute approximate surface area is 135 Å². The fourth-order valence-electron chi connectivity index (χ4n) is 2.82. The van der Waals surface area contributed by atoms with E-state index in [0.29, 0.717) is 0 Å². The number of primary amides is 1. The molecule has 0 saturated heterocycles. The van der Waals surface area contributed by atoms with Crippen LogP contribution >= 0.6 is 0 Å². The molecule has 0 unspecified atom stereocenters. The van der Waals surface area contributed by atoms with Gasteiger partial charge in [-0.3, -0.25) is 4.79 Å². The van der Waals surface area contributed by atoms with Gasteiger partial charge in [0.15, 0.2) is 0 Å². The van der Waals surface area contributed by atoms with Crippen molar-refractivity contribution in [2.45, 2.75) is 19.9 Å². The van der Waals surface area contributed by atoms with E-state index in [0.717, 1.165) is 28.8 Å². The van der Waals surface area contributed by atoms with Crippen LogP contribution in [0.15, 0.2) is 48.7 Å². The molecule has 4 nitrogen and oxygen atoms in total. The number of carbonyl (C=O) groups excluding carboxylic acids is 1. The van der Waals surface area contributed by atoms with Gasteiger partial charge >= 0.3 is 0 Å². The number of hydrogen-bond acceptors (Lipinski definition) is 2. The molecule has 0 saturated carbocycles. The van der Waals surface area contributed by atoms with Crippen LogP contribution in [0.4, 0.5) is 0 Å². The quantitative estimate of drug-likeness (QED) is 0.787. The molecule has 118 valence electrons. The van der Waals surface area contributed by atoms with Crippen LogP contribution in [0.1, 0.15) is 16.7 Å². The Morgan fingerprint density at radius 3 is 2.57 bits per heavy atom. The molecule has 3 aromatic rings. The lowest BCUT2D eigenvalue weighted by molar-refractivity contribution is -0.117. The number of benzene rings is 2. The number of hydrogen-bond donors (Lipinski definition) is 1. The van der Waals surface area contributed by atoms with Gasteiger partial charge in [-0.25, -0.2) is 0 Å². The number of aryl methyl sites for hydroxylation is 1. The van der Waals surface area contributed by atoms with Gasteiger partial charge in [0.1, 0.15) is 5.75 Å². The summed E-state index contributed by atoms with van der Waals surface area (Å²) in [6.45, 7) is 2.81. The molecule has 0 atom stereocenters. The highest BCUT2D eigenvalue weighted by Gasteiger charge is 2.12. The number of carbonyl (C=O) groups is 1. The van der Waals surface area contributed by atoms with Crippen LogP contribution in [0.2, 0.25) is 0 Å². The monoisotopic (exact) mass is 308 g/mol. The Bertz CT molecular complexity index is 848. The molecular weight excluding hydrogens is 288 g/mol. The van der Waals surface area contributed by atoms with Gasteiger partial charge in [-0.15, -0.1) is 0 Å². The third-order valence-corrected chi connectivity index (χ3v) is 4.01. The Hall–Kier alpha value is -2.75. The Kier molecular flexibility index (Phi) is 4.06. The number of nitrogens with zero attached hydrogens (tertiary/aromatic N) is 1. The highest BCUT2D eigenvalue weighted by molar-refractivity contribution is 5.89. The fourth-order valence-corrected chi connectivity index (χ4v) is 2.82. The lowest BCUT2D eigenvalue weighted by atomic mass is 10.1. The number of amides is 1. The highest BCUT2D eigenvalue weighted by Crippen LogP contribution is 2.27. The Morgan fingerprint density at radius 2 is 1.91 bits per heavy atom. The number of ether oxygens (including phenoxy) is 1. The van der Waals surface area contributed by atoms with Gasteiger partial charge in [0, 0.05) is 24.2 Å². The van der Waals surface area contributed by atoms with Gasteiger partial charge in [0.25, 0.3) is 0 Å².